The number of hydrogen-bond donors (Lipinski definition) is 0. The summed E-state index contributed by atoms with van der Waals surface area (Å²) in [6.45, 7) is 7.54. The molecule has 0 heteroatoms. The highest BCUT2D eigenvalue weighted by molar-refractivity contribution is 5.63. The van der Waals surface area contributed by atoms with Crippen molar-refractivity contribution in [2.75, 3.05) is 0 Å². The average molecular weight is 290 g/mol. The Bertz CT molecular complexity index is 517. The van der Waals surface area contributed by atoms with E-state index in [1.165, 1.54) is 35.1 Å². The van der Waals surface area contributed by atoms with E-state index < -0.39 is 0 Å². The summed E-state index contributed by atoms with van der Waals surface area (Å²) in [6, 6.07) is 17.9. The fourth-order valence-corrected chi connectivity index (χ4v) is 2.63. The summed E-state index contributed by atoms with van der Waals surface area (Å²) in [5.74, 6) is 0. The van der Waals surface area contributed by atoms with E-state index in [2.05, 4.69) is 61.7 Å². The van der Waals surface area contributed by atoms with Crippen LogP contribution in [0, 0.1) is 0 Å². The van der Waals surface area contributed by atoms with Crippen molar-refractivity contribution in [3.8, 4) is 11.1 Å². The van der Waals surface area contributed by atoms with Crippen molar-refractivity contribution in [2.45, 2.75) is 38.5 Å². The van der Waals surface area contributed by atoms with Gasteiger partial charge in [0.1, 0.15) is 0 Å². The first kappa shape index (κ1) is 16.3. The van der Waals surface area contributed by atoms with Crippen LogP contribution in [-0.2, 0) is 12.8 Å². The van der Waals surface area contributed by atoms with Gasteiger partial charge in [0.2, 0.25) is 0 Å². The maximum Gasteiger partial charge on any atom is -0.0184 e. The molecule has 0 saturated carbocycles. The molecule has 0 saturated heterocycles. The predicted octanol–water partition coefficient (Wildman–Crippen LogP) is 6.37. The summed E-state index contributed by atoms with van der Waals surface area (Å²) in [5.41, 5.74) is 5.41. The van der Waals surface area contributed by atoms with Crippen LogP contribution in [0.15, 0.2) is 73.8 Å². The quantitative estimate of drug-likeness (QED) is 0.372. The normalized spacial score (nSPS) is 10.4. The van der Waals surface area contributed by atoms with Crippen LogP contribution >= 0.6 is 0 Å². The molecule has 0 atom stereocenters. The van der Waals surface area contributed by atoms with Gasteiger partial charge in [0.15, 0.2) is 0 Å². The minimum absolute atomic E-state index is 1.09. The number of allylic oxidation sites excluding steroid dienone is 2. The van der Waals surface area contributed by atoms with Crippen molar-refractivity contribution in [3.05, 3.63) is 85.0 Å². The lowest BCUT2D eigenvalue weighted by Gasteiger charge is -2.06. The number of rotatable bonds is 9. The monoisotopic (exact) mass is 290 g/mol. The van der Waals surface area contributed by atoms with Crippen LogP contribution in [0.5, 0.6) is 0 Å². The highest BCUT2D eigenvalue weighted by Gasteiger charge is 1.99. The van der Waals surface area contributed by atoms with Gasteiger partial charge in [-0.3, -0.25) is 0 Å². The van der Waals surface area contributed by atoms with Crippen molar-refractivity contribution < 1.29 is 0 Å². The highest BCUT2D eigenvalue weighted by atomic mass is 14.0. The third kappa shape index (κ3) is 5.04. The summed E-state index contributed by atoms with van der Waals surface area (Å²) in [6.07, 6.45) is 10.8. The van der Waals surface area contributed by atoms with Gasteiger partial charge in [-0.05, 0) is 60.8 Å². The molecule has 0 N–H and O–H groups in total. The molecule has 22 heavy (non-hydrogen) atoms. The van der Waals surface area contributed by atoms with Gasteiger partial charge >= 0.3 is 0 Å². The maximum atomic E-state index is 3.77. The van der Waals surface area contributed by atoms with Crippen LogP contribution in [0.1, 0.15) is 36.8 Å². The van der Waals surface area contributed by atoms with Crippen molar-refractivity contribution in [1.82, 2.24) is 0 Å². The van der Waals surface area contributed by atoms with Crippen LogP contribution in [0.4, 0.5) is 0 Å². The molecule has 0 aliphatic heterocycles. The second-order valence-electron chi connectivity index (χ2n) is 5.76. The summed E-state index contributed by atoms with van der Waals surface area (Å²) in [5, 5.41) is 0. The van der Waals surface area contributed by atoms with Crippen LogP contribution in [-0.4, -0.2) is 0 Å². The van der Waals surface area contributed by atoms with Gasteiger partial charge in [0.05, 0.1) is 0 Å². The zero-order chi connectivity index (χ0) is 15.6. The largest absolute Gasteiger partial charge is 0.103 e. The Morgan fingerprint density at radius 1 is 0.591 bits per heavy atom. The molecule has 0 aromatic heterocycles. The number of hydrogen-bond acceptors (Lipinski definition) is 0. The standard InChI is InChI=1S/C22H26/c1-3-5-7-9-19-11-15-21(16-12-19)22-17-13-20(14-18-22)10-8-6-4-2/h3-4,11-18H,1-2,5-10H2. The summed E-state index contributed by atoms with van der Waals surface area (Å²) in [7, 11) is 0. The first-order valence-corrected chi connectivity index (χ1v) is 8.23. The lowest BCUT2D eigenvalue weighted by atomic mass is 9.99. The molecule has 0 nitrogen and oxygen atoms in total. The van der Waals surface area contributed by atoms with E-state index in [1.807, 2.05) is 12.2 Å². The van der Waals surface area contributed by atoms with E-state index >= 15 is 0 Å². The lowest BCUT2D eigenvalue weighted by molar-refractivity contribution is 0.844. The first-order chi connectivity index (χ1) is 10.8. The van der Waals surface area contributed by atoms with Crippen molar-refractivity contribution in [1.29, 1.82) is 0 Å². The molecule has 0 aliphatic carbocycles. The van der Waals surface area contributed by atoms with Gasteiger partial charge in [-0.1, -0.05) is 60.7 Å². The minimum atomic E-state index is 1.09. The molecular formula is C22H26. The van der Waals surface area contributed by atoms with Crippen molar-refractivity contribution in [3.63, 3.8) is 0 Å². The summed E-state index contributed by atoms with van der Waals surface area (Å²) < 4.78 is 0. The molecule has 114 valence electrons. The molecule has 2 rings (SSSR count). The zero-order valence-corrected chi connectivity index (χ0v) is 13.4. The van der Waals surface area contributed by atoms with Gasteiger partial charge in [0, 0.05) is 0 Å². The highest BCUT2D eigenvalue weighted by Crippen LogP contribution is 2.21. The van der Waals surface area contributed by atoms with Crippen molar-refractivity contribution in [2.24, 2.45) is 0 Å². The Balaban J connectivity index is 1.96. The fourth-order valence-electron chi connectivity index (χ4n) is 2.63. The zero-order valence-electron chi connectivity index (χ0n) is 13.4. The van der Waals surface area contributed by atoms with Crippen molar-refractivity contribution >= 4 is 0 Å². The Hall–Kier alpha value is -2.08. The molecule has 0 fully saturated rings. The second-order valence-corrected chi connectivity index (χ2v) is 5.76. The SMILES string of the molecule is C=CCCCc1ccc(-c2ccc(CCCC=C)cc2)cc1. The number of aryl methyl sites for hydroxylation is 2. The Labute approximate surface area is 135 Å². The summed E-state index contributed by atoms with van der Waals surface area (Å²) in [4.78, 5) is 0. The molecule has 0 bridgehead atoms. The molecule has 0 aliphatic rings. The van der Waals surface area contributed by atoms with E-state index in [4.69, 9.17) is 0 Å². The minimum Gasteiger partial charge on any atom is -0.103 e. The Morgan fingerprint density at radius 2 is 0.955 bits per heavy atom. The van der Waals surface area contributed by atoms with E-state index in [0.29, 0.717) is 0 Å². The van der Waals surface area contributed by atoms with Crippen LogP contribution in [0.25, 0.3) is 11.1 Å². The van der Waals surface area contributed by atoms with Gasteiger partial charge in [-0.2, -0.15) is 0 Å². The second kappa shape index (κ2) is 9.04. The lowest BCUT2D eigenvalue weighted by Crippen LogP contribution is -1.87. The molecular weight excluding hydrogens is 264 g/mol. The third-order valence-electron chi connectivity index (χ3n) is 3.99. The van der Waals surface area contributed by atoms with Gasteiger partial charge in [-0.15, -0.1) is 13.2 Å². The van der Waals surface area contributed by atoms with E-state index in [0.717, 1.165) is 25.7 Å². The van der Waals surface area contributed by atoms with Crippen LogP contribution < -0.4 is 0 Å². The third-order valence-corrected chi connectivity index (χ3v) is 3.99. The maximum absolute atomic E-state index is 3.77. The van der Waals surface area contributed by atoms with E-state index in [-0.39, 0.29) is 0 Å². The molecule has 0 spiro atoms. The van der Waals surface area contributed by atoms with E-state index in [1.54, 1.807) is 0 Å². The smallest absolute Gasteiger partial charge is 0.0184 e. The summed E-state index contributed by atoms with van der Waals surface area (Å²) >= 11 is 0. The van der Waals surface area contributed by atoms with E-state index in [9.17, 15) is 0 Å². The molecule has 2 aromatic carbocycles. The van der Waals surface area contributed by atoms with Crippen LogP contribution in [0.3, 0.4) is 0 Å². The number of unbranched alkanes of at least 4 members (excludes halogenated alkanes) is 2. The Morgan fingerprint density at radius 3 is 1.27 bits per heavy atom. The van der Waals surface area contributed by atoms with Gasteiger partial charge < -0.3 is 0 Å². The predicted molar refractivity (Wildman–Crippen MR) is 98.1 cm³/mol. The van der Waals surface area contributed by atoms with Gasteiger partial charge in [-0.25, -0.2) is 0 Å². The molecule has 0 heterocycles. The Kier molecular flexibility index (Phi) is 6.70. The molecule has 0 radical (unpaired) electrons. The first-order valence-electron chi connectivity index (χ1n) is 8.23. The molecule has 2 aromatic rings. The average Bonchev–Trinajstić information content (AvgIpc) is 2.57. The molecule has 0 amide bonds. The fraction of sp³-hybridized carbons (Fsp3) is 0.273. The topological polar surface area (TPSA) is 0 Å². The molecule has 0 unspecified atom stereocenters. The van der Waals surface area contributed by atoms with Gasteiger partial charge in [0.25, 0.3) is 0 Å². The number of benzene rings is 2. The van der Waals surface area contributed by atoms with Crippen LogP contribution in [0.2, 0.25) is 0 Å².